The third-order valence-corrected chi connectivity index (χ3v) is 9.18. The first-order chi connectivity index (χ1) is 22.1. The predicted octanol–water partition coefficient (Wildman–Crippen LogP) is 5.31. The number of carbonyl (C=O) groups excluding carboxylic acids is 2. The van der Waals surface area contributed by atoms with Crippen molar-refractivity contribution in [3.05, 3.63) is 120 Å². The second kappa shape index (κ2) is 15.9. The zero-order valence-corrected chi connectivity index (χ0v) is 27.4. The number of benzene rings is 4. The molecule has 0 aliphatic carbocycles. The molecule has 0 bridgehead atoms. The van der Waals surface area contributed by atoms with Crippen LogP contribution in [-0.2, 0) is 32.6 Å². The normalized spacial score (nSPS) is 11.8. The van der Waals surface area contributed by atoms with Gasteiger partial charge < -0.3 is 19.7 Å². The quantitative estimate of drug-likeness (QED) is 0.188. The van der Waals surface area contributed by atoms with Gasteiger partial charge in [0.15, 0.2) is 0 Å². The van der Waals surface area contributed by atoms with Crippen molar-refractivity contribution in [1.29, 1.82) is 0 Å². The number of methoxy groups -OCH3 is 2. The van der Waals surface area contributed by atoms with Gasteiger partial charge in [0, 0.05) is 19.5 Å². The smallest absolute Gasteiger partial charge is 0.264 e. The summed E-state index contributed by atoms with van der Waals surface area (Å²) in [4.78, 5) is 30.0. The molecule has 1 N–H and O–H groups in total. The lowest BCUT2D eigenvalue weighted by atomic mass is 10.0. The third kappa shape index (κ3) is 8.66. The number of nitrogens with zero attached hydrogens (tertiary/aromatic N) is 2. The Morgan fingerprint density at radius 3 is 2.07 bits per heavy atom. The molecule has 4 aromatic rings. The van der Waals surface area contributed by atoms with Crippen LogP contribution >= 0.6 is 0 Å². The van der Waals surface area contributed by atoms with Crippen molar-refractivity contribution in [3.8, 4) is 11.5 Å². The first-order valence-electron chi connectivity index (χ1n) is 15.1. The number of nitrogens with one attached hydrogen (secondary N) is 1. The highest BCUT2D eigenvalue weighted by molar-refractivity contribution is 7.92. The van der Waals surface area contributed by atoms with Gasteiger partial charge in [-0.15, -0.1) is 0 Å². The molecule has 0 radical (unpaired) electrons. The average Bonchev–Trinajstić information content (AvgIpc) is 3.08. The highest BCUT2D eigenvalue weighted by Crippen LogP contribution is 2.32. The highest BCUT2D eigenvalue weighted by Gasteiger charge is 2.35. The molecule has 4 rings (SSSR count). The summed E-state index contributed by atoms with van der Waals surface area (Å²) < 4.78 is 40.4. The number of amides is 2. The Morgan fingerprint density at radius 2 is 1.41 bits per heavy atom. The molecule has 1 atom stereocenters. The summed E-state index contributed by atoms with van der Waals surface area (Å²) in [7, 11) is -1.24. The van der Waals surface area contributed by atoms with Gasteiger partial charge in [-0.25, -0.2) is 8.42 Å². The fourth-order valence-corrected chi connectivity index (χ4v) is 6.46. The summed E-state index contributed by atoms with van der Waals surface area (Å²) in [6.45, 7) is 3.86. The Kier molecular flexibility index (Phi) is 11.8. The fraction of sp³-hybridized carbons (Fsp3) is 0.278. The molecule has 0 aliphatic heterocycles. The van der Waals surface area contributed by atoms with Gasteiger partial charge in [0.2, 0.25) is 11.8 Å². The van der Waals surface area contributed by atoms with Gasteiger partial charge in [0.05, 0.1) is 24.8 Å². The van der Waals surface area contributed by atoms with Crippen LogP contribution in [0.25, 0.3) is 0 Å². The van der Waals surface area contributed by atoms with Gasteiger partial charge in [-0.2, -0.15) is 0 Å². The van der Waals surface area contributed by atoms with Gasteiger partial charge in [0.1, 0.15) is 24.1 Å². The van der Waals surface area contributed by atoms with Crippen LogP contribution in [0.15, 0.2) is 114 Å². The van der Waals surface area contributed by atoms with E-state index < -0.39 is 28.5 Å². The minimum atomic E-state index is -4.24. The summed E-state index contributed by atoms with van der Waals surface area (Å²) in [6, 6.07) is 30.3. The molecule has 0 heterocycles. The summed E-state index contributed by atoms with van der Waals surface area (Å²) in [5.74, 6) is 0.166. The molecule has 10 heteroatoms. The van der Waals surface area contributed by atoms with E-state index in [-0.39, 0.29) is 41.1 Å². The third-order valence-electron chi connectivity index (χ3n) is 7.41. The topological polar surface area (TPSA) is 105 Å². The minimum absolute atomic E-state index is 0.0172. The number of para-hydroxylation sites is 2. The Labute approximate surface area is 271 Å². The molecule has 0 saturated heterocycles. The van der Waals surface area contributed by atoms with E-state index in [1.807, 2.05) is 56.3 Å². The van der Waals surface area contributed by atoms with Crippen LogP contribution in [0.3, 0.4) is 0 Å². The van der Waals surface area contributed by atoms with Crippen LogP contribution in [0.2, 0.25) is 0 Å². The van der Waals surface area contributed by atoms with Crippen molar-refractivity contribution in [2.24, 2.45) is 5.92 Å². The number of ether oxygens (including phenoxy) is 2. The first-order valence-corrected chi connectivity index (χ1v) is 16.5. The maximum atomic E-state index is 14.6. The van der Waals surface area contributed by atoms with Crippen molar-refractivity contribution in [2.75, 3.05) is 31.6 Å². The van der Waals surface area contributed by atoms with Crippen molar-refractivity contribution in [2.45, 2.75) is 37.8 Å². The van der Waals surface area contributed by atoms with Crippen LogP contribution in [-0.4, -0.2) is 58.5 Å². The first kappa shape index (κ1) is 34.1. The average molecular weight is 644 g/mol. The van der Waals surface area contributed by atoms with E-state index in [1.165, 1.54) is 24.1 Å². The van der Waals surface area contributed by atoms with Gasteiger partial charge >= 0.3 is 0 Å². The molecule has 0 saturated carbocycles. The summed E-state index contributed by atoms with van der Waals surface area (Å²) in [5.41, 5.74) is 1.78. The number of rotatable bonds is 15. The van der Waals surface area contributed by atoms with E-state index in [1.54, 1.807) is 61.7 Å². The highest BCUT2D eigenvalue weighted by atomic mass is 32.2. The Hall–Kier alpha value is -4.83. The zero-order valence-electron chi connectivity index (χ0n) is 26.6. The molecule has 0 unspecified atom stereocenters. The van der Waals surface area contributed by atoms with Crippen LogP contribution < -0.4 is 19.1 Å². The Balaban J connectivity index is 1.83. The molecule has 46 heavy (non-hydrogen) atoms. The fourth-order valence-electron chi connectivity index (χ4n) is 5.01. The van der Waals surface area contributed by atoms with E-state index in [0.29, 0.717) is 12.3 Å². The summed E-state index contributed by atoms with van der Waals surface area (Å²) >= 11 is 0. The van der Waals surface area contributed by atoms with Crippen LogP contribution in [0.4, 0.5) is 5.69 Å². The summed E-state index contributed by atoms with van der Waals surface area (Å²) in [5, 5.41) is 3.00. The van der Waals surface area contributed by atoms with E-state index in [9.17, 15) is 18.0 Å². The molecule has 0 aromatic heterocycles. The van der Waals surface area contributed by atoms with E-state index in [0.717, 1.165) is 15.4 Å². The van der Waals surface area contributed by atoms with Crippen molar-refractivity contribution in [1.82, 2.24) is 10.2 Å². The molecular formula is C36H41N3O6S. The molecule has 9 nitrogen and oxygen atoms in total. The molecule has 2 amide bonds. The molecule has 0 spiro atoms. The van der Waals surface area contributed by atoms with Gasteiger partial charge in [-0.3, -0.25) is 13.9 Å². The van der Waals surface area contributed by atoms with Crippen molar-refractivity contribution >= 4 is 27.5 Å². The second-order valence-corrected chi connectivity index (χ2v) is 13.1. The van der Waals surface area contributed by atoms with Gasteiger partial charge in [-0.05, 0) is 53.4 Å². The number of hydrogen-bond acceptors (Lipinski definition) is 6. The SMILES string of the molecule is COc1cccc(CN(C(=O)CN(c2ccccc2OC)S(=O)(=O)c2ccccc2)[C@H](Cc2ccccc2)C(=O)NCC(C)C)c1. The Morgan fingerprint density at radius 1 is 0.783 bits per heavy atom. The van der Waals surface area contributed by atoms with Crippen molar-refractivity contribution < 1.29 is 27.5 Å². The molecular weight excluding hydrogens is 602 g/mol. The van der Waals surface area contributed by atoms with E-state index in [4.69, 9.17) is 9.47 Å². The lowest BCUT2D eigenvalue weighted by Gasteiger charge is -2.34. The maximum Gasteiger partial charge on any atom is 0.264 e. The number of anilines is 1. The molecule has 0 aliphatic rings. The number of sulfonamides is 1. The van der Waals surface area contributed by atoms with Crippen molar-refractivity contribution in [3.63, 3.8) is 0 Å². The van der Waals surface area contributed by atoms with Crippen LogP contribution in [0.5, 0.6) is 11.5 Å². The molecule has 4 aromatic carbocycles. The lowest BCUT2D eigenvalue weighted by Crippen LogP contribution is -2.53. The minimum Gasteiger partial charge on any atom is -0.497 e. The maximum absolute atomic E-state index is 14.6. The molecule has 0 fully saturated rings. The lowest BCUT2D eigenvalue weighted by molar-refractivity contribution is -0.140. The van der Waals surface area contributed by atoms with Crippen LogP contribution in [0, 0.1) is 5.92 Å². The number of carbonyl (C=O) groups is 2. The van der Waals surface area contributed by atoms with E-state index in [2.05, 4.69) is 5.32 Å². The predicted molar refractivity (Wildman–Crippen MR) is 179 cm³/mol. The standard InChI is InChI=1S/C36H41N3O6S/c1-27(2)24-37-36(41)33(23-28-14-7-5-8-15-28)38(25-29-16-13-17-30(22-29)44-3)35(40)26-39(32-20-11-12-21-34(32)45-4)46(42,43)31-18-9-6-10-19-31/h5-22,27,33H,23-26H2,1-4H3,(H,37,41)/t33-/m1/s1. The van der Waals surface area contributed by atoms with E-state index >= 15 is 0 Å². The van der Waals surface area contributed by atoms with Crippen LogP contribution in [0.1, 0.15) is 25.0 Å². The second-order valence-electron chi connectivity index (χ2n) is 11.2. The largest absolute Gasteiger partial charge is 0.497 e. The van der Waals surface area contributed by atoms with Gasteiger partial charge in [-0.1, -0.05) is 86.6 Å². The summed E-state index contributed by atoms with van der Waals surface area (Å²) in [6.07, 6.45) is 0.223. The monoisotopic (exact) mass is 643 g/mol. The Bertz CT molecular complexity index is 1700. The molecule has 242 valence electrons. The van der Waals surface area contributed by atoms with Gasteiger partial charge in [0.25, 0.3) is 10.0 Å². The number of hydrogen-bond donors (Lipinski definition) is 1. The zero-order chi connectivity index (χ0) is 33.1.